The van der Waals surface area contributed by atoms with E-state index in [1.54, 1.807) is 0 Å². The van der Waals surface area contributed by atoms with Gasteiger partial charge < -0.3 is 5.73 Å². The van der Waals surface area contributed by atoms with E-state index in [4.69, 9.17) is 5.73 Å². The second-order valence-electron chi connectivity index (χ2n) is 8.52. The smallest absolute Gasteiger partial charge is 0.0314 e. The minimum Gasteiger partial charge on any atom is -0.399 e. The largest absolute Gasteiger partial charge is 0.399 e. The molecule has 0 heterocycles. The molecule has 3 rings (SSSR count). The van der Waals surface area contributed by atoms with E-state index in [1.165, 1.54) is 40.7 Å². The van der Waals surface area contributed by atoms with Gasteiger partial charge in [-0.1, -0.05) is 64.1 Å². The number of nitrogens with two attached hydrogens (primary N) is 1. The zero-order valence-corrected chi connectivity index (χ0v) is 15.6. The Morgan fingerprint density at radius 1 is 0.875 bits per heavy atom. The fraction of sp³-hybridized carbons (Fsp3) is 0.391. The summed E-state index contributed by atoms with van der Waals surface area (Å²) in [5.74, 6) is 0. The molecule has 2 aromatic carbocycles. The molecular formula is C23H29N. The van der Waals surface area contributed by atoms with Crippen LogP contribution in [0.4, 0.5) is 5.69 Å². The molecular weight excluding hydrogens is 290 g/mol. The first-order valence-electron chi connectivity index (χ1n) is 8.88. The maximum atomic E-state index is 5.78. The zero-order valence-electron chi connectivity index (χ0n) is 15.6. The van der Waals surface area contributed by atoms with Crippen LogP contribution in [-0.4, -0.2) is 0 Å². The number of hydrogen-bond acceptors (Lipinski definition) is 1. The summed E-state index contributed by atoms with van der Waals surface area (Å²) >= 11 is 0. The summed E-state index contributed by atoms with van der Waals surface area (Å²) in [5.41, 5.74) is 13.9. The Bertz CT molecular complexity index is 776. The SMILES string of the molecule is C/C(=C\c1ccc(N)cc1)c1ccc2c(c1)C(C)(C)CCC2(C)C. The minimum atomic E-state index is 0.252. The molecule has 126 valence electrons. The Balaban J connectivity index is 2.03. The van der Waals surface area contributed by atoms with Crippen molar-refractivity contribution in [1.29, 1.82) is 0 Å². The van der Waals surface area contributed by atoms with Gasteiger partial charge in [0.15, 0.2) is 0 Å². The van der Waals surface area contributed by atoms with Gasteiger partial charge in [0.2, 0.25) is 0 Å². The Kier molecular flexibility index (Phi) is 4.07. The van der Waals surface area contributed by atoms with Gasteiger partial charge >= 0.3 is 0 Å². The maximum Gasteiger partial charge on any atom is 0.0314 e. The molecule has 1 aliphatic rings. The molecule has 0 fully saturated rings. The zero-order chi connectivity index (χ0) is 17.5. The molecule has 24 heavy (non-hydrogen) atoms. The van der Waals surface area contributed by atoms with Gasteiger partial charge in [-0.2, -0.15) is 0 Å². The summed E-state index contributed by atoms with van der Waals surface area (Å²) in [6.45, 7) is 11.7. The predicted molar refractivity (Wildman–Crippen MR) is 106 cm³/mol. The van der Waals surface area contributed by atoms with Crippen LogP contribution in [0.15, 0.2) is 42.5 Å². The molecule has 0 radical (unpaired) electrons. The average molecular weight is 319 g/mol. The van der Waals surface area contributed by atoms with Gasteiger partial charge in [0.25, 0.3) is 0 Å². The van der Waals surface area contributed by atoms with Crippen molar-refractivity contribution < 1.29 is 0 Å². The lowest BCUT2D eigenvalue weighted by molar-refractivity contribution is 0.332. The van der Waals surface area contributed by atoms with Gasteiger partial charge in [0, 0.05) is 5.69 Å². The average Bonchev–Trinajstić information content (AvgIpc) is 2.54. The van der Waals surface area contributed by atoms with Crippen molar-refractivity contribution >= 4 is 17.3 Å². The fourth-order valence-electron chi connectivity index (χ4n) is 3.76. The number of allylic oxidation sites excluding steroid dienone is 1. The van der Waals surface area contributed by atoms with Crippen molar-refractivity contribution in [3.05, 3.63) is 64.7 Å². The molecule has 0 amide bonds. The molecule has 0 saturated carbocycles. The standard InChI is InChI=1S/C23H29N/c1-16(14-17-6-9-19(24)10-7-17)18-8-11-20-21(15-18)23(4,5)13-12-22(20,2)3/h6-11,14-15H,12-13,24H2,1-5H3/b16-14+. The Morgan fingerprint density at radius 2 is 1.46 bits per heavy atom. The van der Waals surface area contributed by atoms with Crippen molar-refractivity contribution in [3.63, 3.8) is 0 Å². The van der Waals surface area contributed by atoms with Gasteiger partial charge in [-0.15, -0.1) is 0 Å². The number of nitrogen functional groups attached to an aromatic ring is 1. The van der Waals surface area contributed by atoms with Crippen molar-refractivity contribution in [3.8, 4) is 0 Å². The number of fused-ring (bicyclic) bond motifs is 1. The second-order valence-corrected chi connectivity index (χ2v) is 8.52. The van der Waals surface area contributed by atoms with Crippen LogP contribution < -0.4 is 5.73 Å². The van der Waals surface area contributed by atoms with Crippen LogP contribution in [0.1, 0.15) is 69.7 Å². The summed E-state index contributed by atoms with van der Waals surface area (Å²) in [7, 11) is 0. The lowest BCUT2D eigenvalue weighted by Crippen LogP contribution is -2.33. The van der Waals surface area contributed by atoms with E-state index in [9.17, 15) is 0 Å². The second kappa shape index (κ2) is 5.81. The minimum absolute atomic E-state index is 0.252. The van der Waals surface area contributed by atoms with E-state index in [2.05, 4.69) is 71.0 Å². The highest BCUT2D eigenvalue weighted by Crippen LogP contribution is 2.46. The van der Waals surface area contributed by atoms with E-state index in [0.717, 1.165) is 5.69 Å². The van der Waals surface area contributed by atoms with Gasteiger partial charge in [0.05, 0.1) is 0 Å². The number of anilines is 1. The maximum absolute atomic E-state index is 5.78. The molecule has 2 aromatic rings. The lowest BCUT2D eigenvalue weighted by atomic mass is 9.63. The molecule has 0 aliphatic heterocycles. The molecule has 0 spiro atoms. The van der Waals surface area contributed by atoms with Crippen LogP contribution in [0, 0.1) is 0 Å². The van der Waals surface area contributed by atoms with Gasteiger partial charge in [0.1, 0.15) is 0 Å². The molecule has 0 aromatic heterocycles. The van der Waals surface area contributed by atoms with Crippen molar-refractivity contribution in [2.24, 2.45) is 0 Å². The van der Waals surface area contributed by atoms with Crippen molar-refractivity contribution in [2.75, 3.05) is 5.73 Å². The third kappa shape index (κ3) is 3.13. The molecule has 1 nitrogen and oxygen atoms in total. The van der Waals surface area contributed by atoms with Crippen LogP contribution >= 0.6 is 0 Å². The highest BCUT2D eigenvalue weighted by Gasteiger charge is 2.36. The monoisotopic (exact) mass is 319 g/mol. The molecule has 0 atom stereocenters. The summed E-state index contributed by atoms with van der Waals surface area (Å²) in [4.78, 5) is 0. The molecule has 2 N–H and O–H groups in total. The lowest BCUT2D eigenvalue weighted by Gasteiger charge is -2.42. The Labute approximate surface area is 146 Å². The molecule has 0 bridgehead atoms. The molecule has 1 aliphatic carbocycles. The molecule has 1 heteroatoms. The van der Waals surface area contributed by atoms with Crippen LogP contribution in [-0.2, 0) is 10.8 Å². The molecule has 0 saturated heterocycles. The normalized spacial score (nSPS) is 19.0. The van der Waals surface area contributed by atoms with Gasteiger partial charge in [-0.3, -0.25) is 0 Å². The highest BCUT2D eigenvalue weighted by atomic mass is 14.5. The van der Waals surface area contributed by atoms with E-state index in [-0.39, 0.29) is 10.8 Å². The first-order valence-corrected chi connectivity index (χ1v) is 8.88. The quantitative estimate of drug-likeness (QED) is 0.519. The number of hydrogen-bond donors (Lipinski definition) is 1. The van der Waals surface area contributed by atoms with E-state index in [1.807, 2.05) is 12.1 Å². The van der Waals surface area contributed by atoms with Gasteiger partial charge in [-0.25, -0.2) is 0 Å². The predicted octanol–water partition coefficient (Wildman–Crippen LogP) is 6.18. The summed E-state index contributed by atoms with van der Waals surface area (Å²) in [5, 5.41) is 0. The van der Waals surface area contributed by atoms with Crippen molar-refractivity contribution in [2.45, 2.75) is 58.3 Å². The van der Waals surface area contributed by atoms with Crippen LogP contribution in [0.25, 0.3) is 11.6 Å². The fourth-order valence-corrected chi connectivity index (χ4v) is 3.76. The third-order valence-electron chi connectivity index (χ3n) is 5.63. The summed E-state index contributed by atoms with van der Waals surface area (Å²) in [6, 6.07) is 15.1. The first kappa shape index (κ1) is 16.8. The number of benzene rings is 2. The van der Waals surface area contributed by atoms with Crippen LogP contribution in [0.3, 0.4) is 0 Å². The summed E-state index contributed by atoms with van der Waals surface area (Å²) in [6.07, 6.45) is 4.74. The third-order valence-corrected chi connectivity index (χ3v) is 5.63. The van der Waals surface area contributed by atoms with E-state index >= 15 is 0 Å². The Morgan fingerprint density at radius 3 is 2.08 bits per heavy atom. The van der Waals surface area contributed by atoms with Crippen molar-refractivity contribution in [1.82, 2.24) is 0 Å². The van der Waals surface area contributed by atoms with E-state index < -0.39 is 0 Å². The topological polar surface area (TPSA) is 26.0 Å². The first-order chi connectivity index (χ1) is 11.2. The van der Waals surface area contributed by atoms with Crippen LogP contribution in [0.2, 0.25) is 0 Å². The Hall–Kier alpha value is -2.02. The number of rotatable bonds is 2. The van der Waals surface area contributed by atoms with E-state index in [0.29, 0.717) is 0 Å². The summed E-state index contributed by atoms with van der Waals surface area (Å²) < 4.78 is 0. The van der Waals surface area contributed by atoms with Gasteiger partial charge in [-0.05, 0) is 70.6 Å². The van der Waals surface area contributed by atoms with Crippen LogP contribution in [0.5, 0.6) is 0 Å². The highest BCUT2D eigenvalue weighted by molar-refractivity contribution is 5.81. The molecule has 0 unspecified atom stereocenters.